The van der Waals surface area contributed by atoms with Gasteiger partial charge in [-0.15, -0.1) is 11.3 Å². The number of anilines is 1. The predicted molar refractivity (Wildman–Crippen MR) is 108 cm³/mol. The number of halogens is 1. The van der Waals surface area contributed by atoms with Gasteiger partial charge in [0, 0.05) is 18.2 Å². The van der Waals surface area contributed by atoms with Gasteiger partial charge in [0.15, 0.2) is 0 Å². The number of rotatable bonds is 5. The lowest BCUT2D eigenvalue weighted by molar-refractivity contribution is -0.117. The zero-order valence-corrected chi connectivity index (χ0v) is 17.0. The minimum Gasteiger partial charge on any atom is -0.321 e. The third-order valence-corrected chi connectivity index (χ3v) is 6.45. The van der Waals surface area contributed by atoms with Crippen molar-refractivity contribution in [1.29, 1.82) is 0 Å². The standard InChI is InChI=1S/C19H16FN3O4S2/c1-11-17(28-19(21-11)13-3-5-14(20)6-4-13)18(25)22-15-7-9-16(10-8-15)29(26,27)23-12(2)24/h3-10H,1-2H3,(H,22,25)(H,23,24). The van der Waals surface area contributed by atoms with E-state index in [0.29, 0.717) is 26.8 Å². The van der Waals surface area contributed by atoms with Crippen LogP contribution in [0.5, 0.6) is 0 Å². The molecule has 0 bridgehead atoms. The number of sulfonamides is 1. The summed E-state index contributed by atoms with van der Waals surface area (Å²) in [4.78, 5) is 28.2. The van der Waals surface area contributed by atoms with Crippen molar-refractivity contribution >= 4 is 38.9 Å². The van der Waals surface area contributed by atoms with E-state index in [-0.39, 0.29) is 10.7 Å². The zero-order chi connectivity index (χ0) is 21.2. The van der Waals surface area contributed by atoms with Crippen LogP contribution in [0.1, 0.15) is 22.3 Å². The molecule has 3 rings (SSSR count). The Morgan fingerprint density at radius 3 is 2.24 bits per heavy atom. The van der Waals surface area contributed by atoms with Gasteiger partial charge in [0.25, 0.3) is 15.9 Å². The molecule has 2 N–H and O–H groups in total. The molecule has 10 heteroatoms. The number of aryl methyl sites for hydroxylation is 1. The van der Waals surface area contributed by atoms with Gasteiger partial charge in [-0.1, -0.05) is 0 Å². The normalized spacial score (nSPS) is 11.1. The summed E-state index contributed by atoms with van der Waals surface area (Å²) in [6.45, 7) is 2.80. The Hall–Kier alpha value is -3.11. The van der Waals surface area contributed by atoms with E-state index in [0.717, 1.165) is 6.92 Å². The van der Waals surface area contributed by atoms with Crippen LogP contribution in [0.15, 0.2) is 53.4 Å². The Balaban J connectivity index is 1.77. The first-order valence-electron chi connectivity index (χ1n) is 8.34. The number of nitrogens with zero attached hydrogens (tertiary/aromatic N) is 1. The van der Waals surface area contributed by atoms with Crippen LogP contribution >= 0.6 is 11.3 Å². The maximum atomic E-state index is 13.1. The van der Waals surface area contributed by atoms with Gasteiger partial charge in [-0.2, -0.15) is 0 Å². The number of amides is 2. The summed E-state index contributed by atoms with van der Waals surface area (Å²) in [5.74, 6) is -1.45. The van der Waals surface area contributed by atoms with Crippen LogP contribution < -0.4 is 10.0 Å². The lowest BCUT2D eigenvalue weighted by Gasteiger charge is -2.07. The lowest BCUT2D eigenvalue weighted by atomic mass is 10.2. The number of thiazole rings is 1. The average Bonchev–Trinajstić information content (AvgIpc) is 3.03. The molecule has 0 spiro atoms. The molecule has 0 atom stereocenters. The first-order chi connectivity index (χ1) is 13.7. The second kappa shape index (κ2) is 8.10. The molecule has 0 unspecified atom stereocenters. The second-order valence-corrected chi connectivity index (χ2v) is 8.76. The highest BCUT2D eigenvalue weighted by molar-refractivity contribution is 7.90. The highest BCUT2D eigenvalue weighted by Crippen LogP contribution is 2.28. The lowest BCUT2D eigenvalue weighted by Crippen LogP contribution is -2.28. The smallest absolute Gasteiger partial charge is 0.267 e. The average molecular weight is 433 g/mol. The summed E-state index contributed by atoms with van der Waals surface area (Å²) >= 11 is 1.17. The van der Waals surface area contributed by atoms with Crippen LogP contribution in [-0.4, -0.2) is 25.2 Å². The molecule has 7 nitrogen and oxygen atoms in total. The fourth-order valence-corrected chi connectivity index (χ4v) is 4.43. The Labute approximate surface area is 170 Å². The number of carbonyl (C=O) groups is 2. The van der Waals surface area contributed by atoms with Gasteiger partial charge in [0.1, 0.15) is 15.7 Å². The topological polar surface area (TPSA) is 105 Å². The summed E-state index contributed by atoms with van der Waals surface area (Å²) < 4.78 is 38.9. The van der Waals surface area contributed by atoms with E-state index >= 15 is 0 Å². The molecule has 2 aromatic carbocycles. The summed E-state index contributed by atoms with van der Waals surface area (Å²) in [5.41, 5.74) is 1.61. The molecule has 1 heterocycles. The Kier molecular flexibility index (Phi) is 5.76. The van der Waals surface area contributed by atoms with E-state index in [1.807, 2.05) is 4.72 Å². The van der Waals surface area contributed by atoms with E-state index in [4.69, 9.17) is 0 Å². The summed E-state index contributed by atoms with van der Waals surface area (Å²) in [5, 5.41) is 3.27. The molecule has 0 aliphatic rings. The molecular formula is C19H16FN3O4S2. The number of benzene rings is 2. The summed E-state index contributed by atoms with van der Waals surface area (Å²) in [7, 11) is -3.94. The van der Waals surface area contributed by atoms with Crippen molar-refractivity contribution in [3.63, 3.8) is 0 Å². The van der Waals surface area contributed by atoms with E-state index in [1.165, 1.54) is 47.7 Å². The third kappa shape index (κ3) is 4.84. The number of hydrogen-bond donors (Lipinski definition) is 2. The first-order valence-corrected chi connectivity index (χ1v) is 10.6. The van der Waals surface area contributed by atoms with Gasteiger partial charge in [0.05, 0.1) is 10.6 Å². The molecule has 150 valence electrons. The molecule has 2 amide bonds. The predicted octanol–water partition coefficient (Wildman–Crippen LogP) is 3.33. The van der Waals surface area contributed by atoms with Crippen LogP contribution in [0.4, 0.5) is 10.1 Å². The highest BCUT2D eigenvalue weighted by atomic mass is 32.2. The largest absolute Gasteiger partial charge is 0.321 e. The molecule has 3 aromatic rings. The molecule has 0 saturated carbocycles. The maximum Gasteiger partial charge on any atom is 0.267 e. The first kappa shape index (κ1) is 20.6. The van der Waals surface area contributed by atoms with Crippen molar-refractivity contribution in [2.75, 3.05) is 5.32 Å². The maximum absolute atomic E-state index is 13.1. The quantitative estimate of drug-likeness (QED) is 0.642. The molecule has 29 heavy (non-hydrogen) atoms. The highest BCUT2D eigenvalue weighted by Gasteiger charge is 2.18. The SMILES string of the molecule is CC(=O)NS(=O)(=O)c1ccc(NC(=O)c2sc(-c3ccc(F)cc3)nc2C)cc1. The molecule has 0 saturated heterocycles. The van der Waals surface area contributed by atoms with E-state index in [9.17, 15) is 22.4 Å². The zero-order valence-electron chi connectivity index (χ0n) is 15.4. The number of carbonyl (C=O) groups excluding carboxylic acids is 2. The van der Waals surface area contributed by atoms with Crippen molar-refractivity contribution in [3.8, 4) is 10.6 Å². The molecule has 0 aliphatic heterocycles. The fourth-order valence-electron chi connectivity index (χ4n) is 2.48. The van der Waals surface area contributed by atoms with Crippen molar-refractivity contribution in [2.45, 2.75) is 18.7 Å². The van der Waals surface area contributed by atoms with Crippen LogP contribution in [-0.2, 0) is 14.8 Å². The minimum absolute atomic E-state index is 0.0988. The van der Waals surface area contributed by atoms with Gasteiger partial charge in [0.2, 0.25) is 5.91 Å². The van der Waals surface area contributed by atoms with Crippen molar-refractivity contribution < 1.29 is 22.4 Å². The van der Waals surface area contributed by atoms with Crippen molar-refractivity contribution in [3.05, 3.63) is 64.9 Å². The van der Waals surface area contributed by atoms with E-state index in [1.54, 1.807) is 19.1 Å². The number of hydrogen-bond acceptors (Lipinski definition) is 6. The summed E-state index contributed by atoms with van der Waals surface area (Å²) in [6.07, 6.45) is 0. The Bertz CT molecular complexity index is 1170. The molecule has 1 aromatic heterocycles. The van der Waals surface area contributed by atoms with E-state index in [2.05, 4.69) is 10.3 Å². The van der Waals surface area contributed by atoms with Gasteiger partial charge in [-0.25, -0.2) is 22.5 Å². The third-order valence-electron chi connectivity index (χ3n) is 3.79. The summed E-state index contributed by atoms with van der Waals surface area (Å²) in [6, 6.07) is 11.2. The monoisotopic (exact) mass is 433 g/mol. The van der Waals surface area contributed by atoms with Crippen LogP contribution in [0.25, 0.3) is 10.6 Å². The molecular weight excluding hydrogens is 417 g/mol. The van der Waals surface area contributed by atoms with Crippen molar-refractivity contribution in [1.82, 2.24) is 9.71 Å². The molecule has 0 aliphatic carbocycles. The molecule has 0 fully saturated rings. The van der Waals surface area contributed by atoms with E-state index < -0.39 is 21.8 Å². The van der Waals surface area contributed by atoms with Crippen LogP contribution in [0, 0.1) is 12.7 Å². The Morgan fingerprint density at radius 2 is 1.66 bits per heavy atom. The van der Waals surface area contributed by atoms with Gasteiger partial charge in [-0.3, -0.25) is 9.59 Å². The Morgan fingerprint density at radius 1 is 1.03 bits per heavy atom. The fraction of sp³-hybridized carbons (Fsp3) is 0.105. The number of aromatic nitrogens is 1. The van der Waals surface area contributed by atoms with Crippen LogP contribution in [0.3, 0.4) is 0 Å². The number of nitrogens with one attached hydrogen (secondary N) is 2. The molecule has 0 radical (unpaired) electrons. The van der Waals surface area contributed by atoms with Gasteiger partial charge >= 0.3 is 0 Å². The van der Waals surface area contributed by atoms with Gasteiger partial charge < -0.3 is 5.32 Å². The van der Waals surface area contributed by atoms with Crippen molar-refractivity contribution in [2.24, 2.45) is 0 Å². The van der Waals surface area contributed by atoms with Gasteiger partial charge in [-0.05, 0) is 55.5 Å². The second-order valence-electron chi connectivity index (χ2n) is 6.08. The van der Waals surface area contributed by atoms with Crippen LogP contribution in [0.2, 0.25) is 0 Å². The minimum atomic E-state index is -3.94.